The largest absolute Gasteiger partial charge is 0.445 e. The van der Waals surface area contributed by atoms with Crippen molar-refractivity contribution in [3.05, 3.63) is 112 Å². The molecule has 4 amide bonds. The number of fused-ring (bicyclic) bond motifs is 1. The maximum atomic E-state index is 14.9. The summed E-state index contributed by atoms with van der Waals surface area (Å²) in [7, 11) is 0. The second-order valence-electron chi connectivity index (χ2n) is 13.9. The third-order valence-corrected chi connectivity index (χ3v) is 9.50. The summed E-state index contributed by atoms with van der Waals surface area (Å²) in [6.07, 6.45) is 4.22. The average molecular weight is 932 g/mol. The molecule has 1 radical (unpaired) electrons. The van der Waals surface area contributed by atoms with Gasteiger partial charge in [0, 0.05) is 65.3 Å². The summed E-state index contributed by atoms with van der Waals surface area (Å²) in [5.41, 5.74) is 3.48. The van der Waals surface area contributed by atoms with E-state index in [0.29, 0.717) is 47.3 Å². The fourth-order valence-corrected chi connectivity index (χ4v) is 5.89. The van der Waals surface area contributed by atoms with Crippen molar-refractivity contribution in [2.24, 2.45) is 5.92 Å². The molecule has 1 heterocycles. The molecule has 0 spiro atoms. The van der Waals surface area contributed by atoms with Gasteiger partial charge in [-0.3, -0.25) is 14.4 Å². The van der Waals surface area contributed by atoms with Gasteiger partial charge >= 0.3 is 12.2 Å². The summed E-state index contributed by atoms with van der Waals surface area (Å²) >= 11 is 0. The zero-order chi connectivity index (χ0) is 47.3. The average Bonchev–Trinajstić information content (AvgIpc) is 3.30. The number of hydrogen-bond acceptors (Lipinski definition) is 8. The molecule has 4 rings (SSSR count). The summed E-state index contributed by atoms with van der Waals surface area (Å²) in [6.45, 7) is 24.3. The molecule has 3 aromatic carbocycles. The Kier molecular flexibility index (Phi) is 30.1. The Morgan fingerprint density at radius 3 is 1.92 bits per heavy atom. The fourth-order valence-electron chi connectivity index (χ4n) is 5.89. The third kappa shape index (κ3) is 19.8. The Balaban J connectivity index is -0.00000155. The summed E-state index contributed by atoms with van der Waals surface area (Å²) in [6, 6.07) is 17.7. The molecule has 13 nitrogen and oxygen atoms in total. The molecule has 0 saturated heterocycles. The van der Waals surface area contributed by atoms with Crippen LogP contribution >= 0.6 is 0 Å². The van der Waals surface area contributed by atoms with Gasteiger partial charge in [-0.1, -0.05) is 130 Å². The molecule has 4 aromatic rings. The fraction of sp³-hybridized carbons (Fsp3) is 0.449. The number of anilines is 2. The van der Waals surface area contributed by atoms with Gasteiger partial charge in [0.05, 0.1) is 17.7 Å². The Bertz CT molecular complexity index is 2090. The molecule has 357 valence electrons. The van der Waals surface area contributed by atoms with Gasteiger partial charge in [0.2, 0.25) is 11.8 Å². The van der Waals surface area contributed by atoms with Gasteiger partial charge in [-0.15, -0.1) is 0 Å². The molecule has 0 fully saturated rings. The van der Waals surface area contributed by atoms with Crippen LogP contribution in [0, 0.1) is 11.7 Å². The third-order valence-electron chi connectivity index (χ3n) is 9.50. The van der Waals surface area contributed by atoms with E-state index >= 15 is 0 Å². The first-order valence-electron chi connectivity index (χ1n) is 22.2. The van der Waals surface area contributed by atoms with E-state index < -0.39 is 35.9 Å². The molecular formula is C49H77FN6O7V. The maximum absolute atomic E-state index is 14.9. The van der Waals surface area contributed by atoms with Crippen LogP contribution in [0.5, 0.6) is 0 Å². The van der Waals surface area contributed by atoms with Gasteiger partial charge in [-0.05, 0) is 60.7 Å². The van der Waals surface area contributed by atoms with E-state index in [-0.39, 0.29) is 78.1 Å². The zero-order valence-electron chi connectivity index (χ0n) is 39.5. The van der Waals surface area contributed by atoms with Crippen molar-refractivity contribution in [3.8, 4) is 0 Å². The number of carbonyl (C=O) groups excluding carboxylic acids is 4. The van der Waals surface area contributed by atoms with Gasteiger partial charge in [0.15, 0.2) is 5.43 Å². The van der Waals surface area contributed by atoms with E-state index in [4.69, 9.17) is 9.47 Å². The van der Waals surface area contributed by atoms with E-state index in [9.17, 15) is 28.4 Å². The summed E-state index contributed by atoms with van der Waals surface area (Å²) in [5, 5.41) is 13.8. The van der Waals surface area contributed by atoms with Crippen molar-refractivity contribution in [2.45, 2.75) is 121 Å². The Morgan fingerprint density at radius 1 is 0.797 bits per heavy atom. The zero-order valence-corrected chi connectivity index (χ0v) is 40.9. The van der Waals surface area contributed by atoms with Crippen molar-refractivity contribution >= 4 is 51.9 Å². The number of nitrogens with zero attached hydrogens (tertiary/aromatic N) is 1. The van der Waals surface area contributed by atoms with Crippen molar-refractivity contribution in [1.29, 1.82) is 0 Å². The molecule has 0 aliphatic rings. The maximum Gasteiger partial charge on any atom is 0.408 e. The predicted molar refractivity (Wildman–Crippen MR) is 261 cm³/mol. The van der Waals surface area contributed by atoms with Crippen LogP contribution in [0.1, 0.15) is 116 Å². The number of alkyl carbamates (subject to hydrolysis) is 2. The second kappa shape index (κ2) is 33.0. The van der Waals surface area contributed by atoms with Crippen LogP contribution < -0.4 is 32.0 Å². The monoisotopic (exact) mass is 932 g/mol. The van der Waals surface area contributed by atoms with Crippen LogP contribution in [0.2, 0.25) is 0 Å². The first-order valence-corrected chi connectivity index (χ1v) is 22.2. The molecule has 1 aromatic heterocycles. The topological polar surface area (TPSA) is 169 Å². The molecular weight excluding hydrogens is 855 g/mol. The number of unbranched alkanes of at least 4 members (excludes halogenated alkanes) is 1. The number of carbonyl (C=O) groups is 4. The van der Waals surface area contributed by atoms with Crippen LogP contribution in [-0.2, 0) is 57.4 Å². The van der Waals surface area contributed by atoms with Gasteiger partial charge in [-0.2, -0.15) is 0 Å². The second-order valence-corrected chi connectivity index (χ2v) is 13.9. The summed E-state index contributed by atoms with van der Waals surface area (Å²) < 4.78 is 27.3. The Morgan fingerprint density at radius 2 is 1.38 bits per heavy atom. The summed E-state index contributed by atoms with van der Waals surface area (Å²) in [5.74, 6) is -1.72. The van der Waals surface area contributed by atoms with Crippen molar-refractivity contribution in [2.75, 3.05) is 30.3 Å². The minimum Gasteiger partial charge on any atom is -0.445 e. The number of aromatic nitrogens is 1. The van der Waals surface area contributed by atoms with Gasteiger partial charge < -0.3 is 40.6 Å². The van der Waals surface area contributed by atoms with Gasteiger partial charge in [-0.25, -0.2) is 14.0 Å². The quantitative estimate of drug-likeness (QED) is 0.0579. The van der Waals surface area contributed by atoms with Crippen LogP contribution in [0.25, 0.3) is 16.5 Å². The van der Waals surface area contributed by atoms with E-state index in [1.807, 2.05) is 83.4 Å². The molecule has 64 heavy (non-hydrogen) atoms. The number of halogens is 1. The Labute approximate surface area is 396 Å². The molecule has 15 heteroatoms. The molecule has 0 unspecified atom stereocenters. The number of aryl methyl sites for hydroxylation is 1. The molecule has 0 bridgehead atoms. The first-order chi connectivity index (χ1) is 30.3. The van der Waals surface area contributed by atoms with Crippen molar-refractivity contribution in [3.63, 3.8) is 0 Å². The number of hydrogen-bond donors (Lipinski definition) is 5. The number of amides is 4. The number of ether oxygens (including phenoxy) is 2. The van der Waals surface area contributed by atoms with Crippen molar-refractivity contribution in [1.82, 2.24) is 20.5 Å². The van der Waals surface area contributed by atoms with Crippen LogP contribution in [0.3, 0.4) is 0 Å². The van der Waals surface area contributed by atoms with E-state index in [0.717, 1.165) is 5.56 Å². The molecule has 0 saturated carbocycles. The summed E-state index contributed by atoms with van der Waals surface area (Å²) in [4.78, 5) is 63.4. The predicted octanol–water partition coefficient (Wildman–Crippen LogP) is 10.9. The molecule has 0 aliphatic heterocycles. The van der Waals surface area contributed by atoms with E-state index in [2.05, 4.69) is 47.0 Å². The van der Waals surface area contributed by atoms with Crippen molar-refractivity contribution < 1.29 is 55.9 Å². The number of pyridine rings is 1. The Hall–Kier alpha value is -5.60. The van der Waals surface area contributed by atoms with Gasteiger partial charge in [0.25, 0.3) is 0 Å². The smallest absolute Gasteiger partial charge is 0.408 e. The standard InChI is InChI=1S/C41H49FN6O7.C4H10.2C2H6.V.3H2/c1-6-29(7-2)37(47-41(53)55-24-27-12-10-9-11-13-27)39(51)45-22-36(49)46-30-16-14-28(15-17-30)25-54-40(52)44-19-18-43-34-21-35-31(20-33(34)42)38(50)32(26(4)5)23-48(35)8-3;1-3-4-2;2*1-2;;;;/h9-17,20-21,23,29,37,43H,4,6-8,18-19,22,24-25H2,1-3,5H3,(H,44,52)(H,45,51)(H,46,49)(H,47,53);3-4H2,1-2H3;2*1-2H3;;3*1H/t37-;;;;;;;/m0......./s1. The van der Waals surface area contributed by atoms with E-state index in [1.54, 1.807) is 43.5 Å². The number of allylic oxidation sites excluding steroid dienone is 1. The minimum absolute atomic E-state index is 0. The van der Waals surface area contributed by atoms with E-state index in [1.165, 1.54) is 18.9 Å². The van der Waals surface area contributed by atoms with Crippen LogP contribution in [-0.4, -0.2) is 54.2 Å². The molecule has 5 N–H and O–H groups in total. The number of rotatable bonds is 19. The number of benzene rings is 3. The SMILES string of the molecule is C=C(C)c1cn(CC)c2cc(NCCNC(=O)OCc3ccc(NC(=O)CNC(=O)[C@@H](NC(=O)OCc4ccccc4)C(CC)CC)cc3)c(F)cc2c1=O.CC.CC.CCCC.[HH].[HH].[HH].[V]. The molecule has 1 atom stereocenters. The minimum atomic E-state index is -0.884. The first kappa shape index (κ1) is 58.4. The van der Waals surface area contributed by atoms with Crippen LogP contribution in [0.15, 0.2) is 84.3 Å². The molecule has 0 aliphatic carbocycles. The van der Waals surface area contributed by atoms with Crippen LogP contribution in [0.4, 0.5) is 25.4 Å². The van der Waals surface area contributed by atoms with Gasteiger partial charge in [0.1, 0.15) is 25.1 Å². The normalized spacial score (nSPS) is 10.4. The number of nitrogens with one attached hydrogen (secondary N) is 5.